The van der Waals surface area contributed by atoms with Gasteiger partial charge in [0.15, 0.2) is 4.87 Å². The molecule has 1 N–H and O–H groups in total. The van der Waals surface area contributed by atoms with Crippen LogP contribution in [0.25, 0.3) is 0 Å². The van der Waals surface area contributed by atoms with Gasteiger partial charge in [0.25, 0.3) is 5.91 Å². The summed E-state index contributed by atoms with van der Waals surface area (Å²) in [4.78, 5) is 29.0. The zero-order valence-corrected chi connectivity index (χ0v) is 18.7. The minimum Gasteiger partial charge on any atom is -0.308 e. The van der Waals surface area contributed by atoms with Crippen LogP contribution in [0.15, 0.2) is 66.7 Å². The maximum Gasteiger partial charge on any atom is 0.323 e. The average Bonchev–Trinajstić information content (AvgIpc) is 3.34. The van der Waals surface area contributed by atoms with Crippen LogP contribution < -0.4 is 10.2 Å². The van der Waals surface area contributed by atoms with E-state index in [1.807, 2.05) is 43.3 Å². The standard InChI is InChI=1S/C25H21F2N3O2S/c1-16-6-10-19(11-7-16)28-24(32)30-12-13-33-25(30)20-4-2-3-5-22(20)29(23(25)31)15-17-8-9-18(26)14-21(17)27/h2-11,14H,12-13,15H2,1H3,(H,28,32)/t25-/m1/s1. The first kappa shape index (κ1) is 21.5. The Morgan fingerprint density at radius 1 is 1.09 bits per heavy atom. The van der Waals surface area contributed by atoms with Gasteiger partial charge in [0.2, 0.25) is 0 Å². The Bertz CT molecular complexity index is 1250. The number of benzene rings is 3. The summed E-state index contributed by atoms with van der Waals surface area (Å²) in [6.07, 6.45) is 0. The third kappa shape index (κ3) is 3.54. The molecule has 1 fully saturated rings. The Kier molecular flexibility index (Phi) is 5.32. The smallest absolute Gasteiger partial charge is 0.308 e. The van der Waals surface area contributed by atoms with Gasteiger partial charge in [-0.2, -0.15) is 0 Å². The summed E-state index contributed by atoms with van der Waals surface area (Å²) < 4.78 is 27.8. The number of fused-ring (bicyclic) bond motifs is 2. The highest BCUT2D eigenvalue weighted by atomic mass is 32.2. The largest absolute Gasteiger partial charge is 0.323 e. The van der Waals surface area contributed by atoms with Gasteiger partial charge < -0.3 is 10.2 Å². The van der Waals surface area contributed by atoms with Crippen molar-refractivity contribution in [3.8, 4) is 0 Å². The number of nitrogens with one attached hydrogen (secondary N) is 1. The Hall–Kier alpha value is -3.39. The molecule has 8 heteroatoms. The van der Waals surface area contributed by atoms with Crippen LogP contribution in [0.5, 0.6) is 0 Å². The van der Waals surface area contributed by atoms with Gasteiger partial charge in [0, 0.05) is 35.2 Å². The van der Waals surface area contributed by atoms with Gasteiger partial charge in [-0.3, -0.25) is 9.69 Å². The molecule has 2 aliphatic rings. The van der Waals surface area contributed by atoms with E-state index in [0.29, 0.717) is 29.2 Å². The predicted octanol–water partition coefficient (Wildman–Crippen LogP) is 5.25. The molecule has 2 aliphatic heterocycles. The fraction of sp³-hybridized carbons (Fsp3) is 0.200. The Morgan fingerprint density at radius 2 is 1.85 bits per heavy atom. The molecule has 3 aromatic rings. The van der Waals surface area contributed by atoms with E-state index in [9.17, 15) is 18.4 Å². The molecule has 5 rings (SSSR count). The maximum atomic E-state index is 14.4. The highest BCUT2D eigenvalue weighted by Gasteiger charge is 2.59. The number of para-hydroxylation sites is 1. The van der Waals surface area contributed by atoms with Gasteiger partial charge in [-0.1, -0.05) is 42.0 Å². The number of aryl methyl sites for hydroxylation is 1. The Balaban J connectivity index is 1.50. The van der Waals surface area contributed by atoms with Crippen LogP contribution in [0.1, 0.15) is 16.7 Å². The molecular weight excluding hydrogens is 444 g/mol. The molecule has 0 aromatic heterocycles. The minimum atomic E-state index is -1.23. The van der Waals surface area contributed by atoms with Crippen molar-refractivity contribution in [3.05, 3.63) is 95.1 Å². The Labute approximate surface area is 194 Å². The van der Waals surface area contributed by atoms with E-state index in [-0.39, 0.29) is 24.0 Å². The van der Waals surface area contributed by atoms with Gasteiger partial charge in [0.1, 0.15) is 11.6 Å². The van der Waals surface area contributed by atoms with Crippen LogP contribution >= 0.6 is 11.8 Å². The lowest BCUT2D eigenvalue weighted by atomic mass is 10.1. The third-order valence-electron chi connectivity index (χ3n) is 5.99. The normalized spacial score (nSPS) is 19.3. The number of urea groups is 1. The highest BCUT2D eigenvalue weighted by Crippen LogP contribution is 2.54. The van der Waals surface area contributed by atoms with Crippen molar-refractivity contribution in [1.29, 1.82) is 0 Å². The van der Waals surface area contributed by atoms with Gasteiger partial charge in [-0.05, 0) is 31.2 Å². The molecule has 0 saturated carbocycles. The summed E-state index contributed by atoms with van der Waals surface area (Å²) in [6.45, 7) is 2.29. The van der Waals surface area contributed by atoms with Crippen LogP contribution in [0.3, 0.4) is 0 Å². The number of rotatable bonds is 3. The van der Waals surface area contributed by atoms with Crippen molar-refractivity contribution in [2.45, 2.75) is 18.3 Å². The molecule has 3 amide bonds. The maximum absolute atomic E-state index is 14.4. The number of anilines is 2. The molecule has 3 aromatic carbocycles. The molecule has 0 aliphatic carbocycles. The number of amides is 3. The van der Waals surface area contributed by atoms with E-state index >= 15 is 0 Å². The molecule has 33 heavy (non-hydrogen) atoms. The van der Waals surface area contributed by atoms with Crippen molar-refractivity contribution in [2.75, 3.05) is 22.5 Å². The SMILES string of the molecule is Cc1ccc(NC(=O)N2CCS[C@]23C(=O)N(Cc2ccc(F)cc2F)c2ccccc23)cc1. The van der Waals surface area contributed by atoms with Gasteiger partial charge >= 0.3 is 6.03 Å². The monoisotopic (exact) mass is 465 g/mol. The molecule has 1 spiro atoms. The first-order chi connectivity index (χ1) is 15.9. The summed E-state index contributed by atoms with van der Waals surface area (Å²) >= 11 is 1.39. The Morgan fingerprint density at radius 3 is 2.61 bits per heavy atom. The fourth-order valence-electron chi connectivity index (χ4n) is 4.37. The predicted molar refractivity (Wildman–Crippen MR) is 125 cm³/mol. The fourth-order valence-corrected chi connectivity index (χ4v) is 5.83. The summed E-state index contributed by atoms with van der Waals surface area (Å²) in [5.74, 6) is -1.12. The quantitative estimate of drug-likeness (QED) is 0.575. The summed E-state index contributed by atoms with van der Waals surface area (Å²) in [6, 6.07) is 17.6. The number of thioether (sulfide) groups is 1. The lowest BCUT2D eigenvalue weighted by Gasteiger charge is -2.33. The molecule has 1 saturated heterocycles. The van der Waals surface area contributed by atoms with E-state index in [2.05, 4.69) is 5.32 Å². The van der Waals surface area contributed by atoms with Crippen LogP contribution in [-0.4, -0.2) is 29.1 Å². The van der Waals surface area contributed by atoms with Gasteiger partial charge in [0.05, 0.1) is 12.2 Å². The first-order valence-electron chi connectivity index (χ1n) is 10.5. The zero-order valence-electron chi connectivity index (χ0n) is 17.8. The number of halogens is 2. The van der Waals surface area contributed by atoms with E-state index in [0.717, 1.165) is 11.6 Å². The molecule has 1 atom stereocenters. The van der Waals surface area contributed by atoms with E-state index in [1.54, 1.807) is 17.0 Å². The molecule has 0 radical (unpaired) electrons. The highest BCUT2D eigenvalue weighted by molar-refractivity contribution is 8.01. The zero-order chi connectivity index (χ0) is 23.2. The van der Waals surface area contributed by atoms with Crippen molar-refractivity contribution < 1.29 is 18.4 Å². The summed E-state index contributed by atoms with van der Waals surface area (Å²) in [7, 11) is 0. The van der Waals surface area contributed by atoms with Crippen LogP contribution in [0.4, 0.5) is 25.0 Å². The van der Waals surface area contributed by atoms with Crippen LogP contribution in [0.2, 0.25) is 0 Å². The van der Waals surface area contributed by atoms with E-state index in [4.69, 9.17) is 0 Å². The molecule has 5 nitrogen and oxygen atoms in total. The van der Waals surface area contributed by atoms with Gasteiger partial charge in [-0.25, -0.2) is 13.6 Å². The minimum absolute atomic E-state index is 0.0578. The van der Waals surface area contributed by atoms with Crippen LogP contribution in [0, 0.1) is 18.6 Å². The summed E-state index contributed by atoms with van der Waals surface area (Å²) in [5, 5.41) is 2.89. The third-order valence-corrected chi connectivity index (χ3v) is 7.41. The second-order valence-corrected chi connectivity index (χ2v) is 9.37. The van der Waals surface area contributed by atoms with Crippen molar-refractivity contribution >= 4 is 35.1 Å². The lowest BCUT2D eigenvalue weighted by molar-refractivity contribution is -0.123. The number of hydrogen-bond acceptors (Lipinski definition) is 3. The molecule has 0 bridgehead atoms. The van der Waals surface area contributed by atoms with Crippen molar-refractivity contribution in [3.63, 3.8) is 0 Å². The first-order valence-corrected chi connectivity index (χ1v) is 11.5. The number of nitrogens with zero attached hydrogens (tertiary/aromatic N) is 2. The molecule has 168 valence electrons. The molecule has 0 unspecified atom stereocenters. The van der Waals surface area contributed by atoms with Crippen molar-refractivity contribution in [1.82, 2.24) is 4.90 Å². The summed E-state index contributed by atoms with van der Waals surface area (Å²) in [5.41, 5.74) is 3.23. The average molecular weight is 466 g/mol. The molecule has 2 heterocycles. The van der Waals surface area contributed by atoms with E-state index in [1.165, 1.54) is 28.8 Å². The molecular formula is C25H21F2N3O2S. The van der Waals surface area contributed by atoms with Gasteiger partial charge in [-0.15, -0.1) is 11.8 Å². The second-order valence-electron chi connectivity index (χ2n) is 8.08. The van der Waals surface area contributed by atoms with Crippen LogP contribution in [-0.2, 0) is 16.2 Å². The second kappa shape index (κ2) is 8.19. The number of carbonyl (C=O) groups excluding carboxylic acids is 2. The van der Waals surface area contributed by atoms with E-state index < -0.39 is 16.5 Å². The topological polar surface area (TPSA) is 52.7 Å². The van der Waals surface area contributed by atoms with Crippen molar-refractivity contribution in [2.24, 2.45) is 0 Å². The number of hydrogen-bond donors (Lipinski definition) is 1. The lowest BCUT2D eigenvalue weighted by Crippen LogP contribution is -2.51. The number of carbonyl (C=O) groups is 2.